The maximum Gasteiger partial charge on any atom is 0.433 e. The van der Waals surface area contributed by atoms with E-state index in [4.69, 9.17) is 0 Å². The maximum absolute atomic E-state index is 13.9. The van der Waals surface area contributed by atoms with Crippen molar-refractivity contribution in [2.75, 3.05) is 0 Å². The third kappa shape index (κ3) is 3.30. The number of benzene rings is 1. The van der Waals surface area contributed by atoms with E-state index < -0.39 is 52.9 Å². The smallest absolute Gasteiger partial charge is 0.327 e. The van der Waals surface area contributed by atoms with Crippen LogP contribution in [0.5, 0.6) is 0 Å². The minimum atomic E-state index is -4.76. The molecule has 0 spiro atoms. The normalized spacial score (nSPS) is 19.9. The average molecular weight is 483 g/mol. The van der Waals surface area contributed by atoms with Gasteiger partial charge in [0.25, 0.3) is 5.91 Å². The summed E-state index contributed by atoms with van der Waals surface area (Å²) in [6.07, 6.45) is -1.85. The molecule has 1 amide bonds. The number of alkyl halides is 3. The molecule has 2 aliphatic heterocycles. The topological polar surface area (TPSA) is 56.0 Å². The van der Waals surface area contributed by atoms with Crippen LogP contribution in [0.15, 0.2) is 18.3 Å². The molecule has 6 nitrogen and oxygen atoms in total. The Kier molecular flexibility index (Phi) is 5.03. The molecule has 1 fully saturated rings. The lowest BCUT2D eigenvalue weighted by Gasteiger charge is -2.45. The molecule has 34 heavy (non-hydrogen) atoms. The first kappa shape index (κ1) is 22.5. The van der Waals surface area contributed by atoms with Gasteiger partial charge in [-0.15, -0.1) is 0 Å². The zero-order valence-corrected chi connectivity index (χ0v) is 18.1. The van der Waals surface area contributed by atoms with Crippen molar-refractivity contribution in [3.8, 4) is 11.3 Å². The van der Waals surface area contributed by atoms with Crippen LogP contribution in [-0.2, 0) is 26.7 Å². The number of halogens is 6. The van der Waals surface area contributed by atoms with E-state index >= 15 is 0 Å². The predicted octanol–water partition coefficient (Wildman–Crippen LogP) is 4.55. The highest BCUT2D eigenvalue weighted by molar-refractivity contribution is 5.96. The number of nitrogens with zero attached hydrogens (tertiary/aromatic N) is 5. The van der Waals surface area contributed by atoms with E-state index in [0.29, 0.717) is 34.5 Å². The van der Waals surface area contributed by atoms with Crippen LogP contribution < -0.4 is 0 Å². The lowest BCUT2D eigenvalue weighted by molar-refractivity contribution is -0.144. The highest BCUT2D eigenvalue weighted by Crippen LogP contribution is 2.46. The molecule has 12 heteroatoms. The summed E-state index contributed by atoms with van der Waals surface area (Å²) in [5, 5.41) is 8.12. The number of piperidine rings is 1. The Morgan fingerprint density at radius 2 is 1.74 bits per heavy atom. The number of aryl methyl sites for hydroxylation is 2. The average Bonchev–Trinajstić information content (AvgIpc) is 3.30. The molecule has 4 heterocycles. The molecular weight excluding hydrogens is 464 g/mol. The molecule has 0 N–H and O–H groups in total. The second-order valence-electron chi connectivity index (χ2n) is 8.64. The summed E-state index contributed by atoms with van der Waals surface area (Å²) >= 11 is 0. The van der Waals surface area contributed by atoms with Crippen LogP contribution in [0.1, 0.15) is 52.6 Å². The van der Waals surface area contributed by atoms with Gasteiger partial charge < -0.3 is 4.90 Å². The number of fused-ring (bicyclic) bond motifs is 4. The standard InChI is InChI=1S/C22H19F6N5O/c1-31-19(10-6-14(23)17(25)15(24)7-10)12-8-11-4-3-5-16(18(12)30-31)33(11)21(34)13-9-29-32(2)20(13)22(26,27)28/h6-7,9,11,16H,3-5,8H2,1-2H3. The first-order valence-corrected chi connectivity index (χ1v) is 10.6. The van der Waals surface area contributed by atoms with Gasteiger partial charge in [0, 0.05) is 31.3 Å². The number of carbonyl (C=O) groups excluding carboxylic acids is 1. The highest BCUT2D eigenvalue weighted by atomic mass is 19.4. The minimum absolute atomic E-state index is 0.0946. The summed E-state index contributed by atoms with van der Waals surface area (Å²) in [5.41, 5.74) is -0.0703. The van der Waals surface area contributed by atoms with Crippen LogP contribution >= 0.6 is 0 Å². The van der Waals surface area contributed by atoms with Crippen LogP contribution in [0.2, 0.25) is 0 Å². The van der Waals surface area contributed by atoms with E-state index in [0.717, 1.165) is 31.8 Å². The van der Waals surface area contributed by atoms with E-state index in [-0.39, 0.29) is 12.0 Å². The fourth-order valence-electron chi connectivity index (χ4n) is 5.27. The number of aromatic nitrogens is 4. The molecule has 5 rings (SSSR count). The van der Waals surface area contributed by atoms with Crippen LogP contribution in [0.3, 0.4) is 0 Å². The maximum atomic E-state index is 13.9. The van der Waals surface area contributed by atoms with Crippen molar-refractivity contribution in [2.24, 2.45) is 14.1 Å². The third-order valence-corrected chi connectivity index (χ3v) is 6.61. The molecule has 0 radical (unpaired) electrons. The lowest BCUT2D eigenvalue weighted by Crippen LogP contribution is -2.50. The summed E-state index contributed by atoms with van der Waals surface area (Å²) < 4.78 is 84.2. The van der Waals surface area contributed by atoms with Gasteiger partial charge >= 0.3 is 6.18 Å². The Hall–Kier alpha value is -3.31. The van der Waals surface area contributed by atoms with Gasteiger partial charge in [0.15, 0.2) is 23.1 Å². The zero-order valence-electron chi connectivity index (χ0n) is 18.1. The summed E-state index contributed by atoms with van der Waals surface area (Å²) in [6, 6.07) is 0.729. The molecule has 2 bridgehead atoms. The predicted molar refractivity (Wildman–Crippen MR) is 107 cm³/mol. The number of amides is 1. The first-order valence-electron chi connectivity index (χ1n) is 10.6. The second-order valence-corrected chi connectivity index (χ2v) is 8.64. The molecule has 1 saturated heterocycles. The monoisotopic (exact) mass is 483 g/mol. The van der Waals surface area contributed by atoms with E-state index in [1.165, 1.54) is 9.58 Å². The molecule has 0 saturated carbocycles. The van der Waals surface area contributed by atoms with Gasteiger partial charge in [-0.25, -0.2) is 13.2 Å². The van der Waals surface area contributed by atoms with Crippen molar-refractivity contribution < 1.29 is 31.1 Å². The van der Waals surface area contributed by atoms with Gasteiger partial charge in [0.1, 0.15) is 0 Å². The molecule has 2 atom stereocenters. The van der Waals surface area contributed by atoms with Gasteiger partial charge in [-0.1, -0.05) is 0 Å². The van der Waals surface area contributed by atoms with E-state index in [2.05, 4.69) is 10.2 Å². The van der Waals surface area contributed by atoms with Crippen LogP contribution in [-0.4, -0.2) is 36.4 Å². The van der Waals surface area contributed by atoms with Gasteiger partial charge in [-0.2, -0.15) is 23.4 Å². The summed E-state index contributed by atoms with van der Waals surface area (Å²) in [5.74, 6) is -5.04. The lowest BCUT2D eigenvalue weighted by atomic mass is 9.81. The van der Waals surface area contributed by atoms with Crippen molar-refractivity contribution in [2.45, 2.75) is 43.9 Å². The van der Waals surface area contributed by atoms with Gasteiger partial charge in [-0.05, 0) is 37.8 Å². The first-order chi connectivity index (χ1) is 16.0. The molecule has 2 unspecified atom stereocenters. The molecule has 2 aromatic heterocycles. The molecule has 3 aromatic rings. The van der Waals surface area contributed by atoms with Crippen LogP contribution in [0.4, 0.5) is 26.3 Å². The van der Waals surface area contributed by atoms with E-state index in [9.17, 15) is 31.1 Å². The molecule has 1 aromatic carbocycles. The summed E-state index contributed by atoms with van der Waals surface area (Å²) in [6.45, 7) is 0. The quantitative estimate of drug-likeness (QED) is 0.397. The fourth-order valence-corrected chi connectivity index (χ4v) is 5.27. The summed E-state index contributed by atoms with van der Waals surface area (Å²) in [7, 11) is 2.69. The van der Waals surface area contributed by atoms with E-state index in [1.807, 2.05) is 0 Å². The van der Waals surface area contributed by atoms with Gasteiger partial charge in [-0.3, -0.25) is 14.2 Å². The molecule has 2 aliphatic rings. The number of rotatable bonds is 2. The number of hydrogen-bond donors (Lipinski definition) is 0. The fraction of sp³-hybridized carbons (Fsp3) is 0.409. The molecule has 0 aliphatic carbocycles. The van der Waals surface area contributed by atoms with Gasteiger partial charge in [0.2, 0.25) is 0 Å². The molecule has 180 valence electrons. The molecular formula is C22H19F6N5O. The third-order valence-electron chi connectivity index (χ3n) is 6.61. The van der Waals surface area contributed by atoms with Crippen molar-refractivity contribution in [3.05, 3.63) is 58.3 Å². The number of carbonyl (C=O) groups is 1. The van der Waals surface area contributed by atoms with Crippen LogP contribution in [0, 0.1) is 17.5 Å². The number of hydrogen-bond acceptors (Lipinski definition) is 3. The Morgan fingerprint density at radius 1 is 1.06 bits per heavy atom. The SMILES string of the molecule is Cn1nc2c(c1-c1cc(F)c(F)c(F)c1)CC1CCCC2N1C(=O)c1cnn(C)c1C(F)(F)F. The Bertz CT molecular complexity index is 1290. The Balaban J connectivity index is 1.60. The second kappa shape index (κ2) is 7.60. The largest absolute Gasteiger partial charge is 0.433 e. The van der Waals surface area contributed by atoms with Crippen molar-refractivity contribution >= 4 is 5.91 Å². The Labute approximate surface area is 189 Å². The Morgan fingerprint density at radius 3 is 2.38 bits per heavy atom. The van der Waals surface area contributed by atoms with E-state index in [1.54, 1.807) is 7.05 Å². The van der Waals surface area contributed by atoms with Crippen LogP contribution in [0.25, 0.3) is 11.3 Å². The van der Waals surface area contributed by atoms with Crippen molar-refractivity contribution in [1.29, 1.82) is 0 Å². The minimum Gasteiger partial charge on any atom is -0.327 e. The zero-order chi connectivity index (χ0) is 24.5. The summed E-state index contributed by atoms with van der Waals surface area (Å²) in [4.78, 5) is 14.8. The van der Waals surface area contributed by atoms with Crippen molar-refractivity contribution in [3.63, 3.8) is 0 Å². The van der Waals surface area contributed by atoms with Gasteiger partial charge in [0.05, 0.1) is 29.2 Å². The highest BCUT2D eigenvalue weighted by Gasteiger charge is 2.47. The van der Waals surface area contributed by atoms with Crippen molar-refractivity contribution in [1.82, 2.24) is 24.5 Å².